The first-order valence-corrected chi connectivity index (χ1v) is 6.26. The predicted octanol–water partition coefficient (Wildman–Crippen LogP) is 1.22. The fourth-order valence-corrected chi connectivity index (χ4v) is 2.46. The van der Waals surface area contributed by atoms with E-state index in [4.69, 9.17) is 9.47 Å². The molecule has 0 atom stereocenters. The number of amides is 1. The molecule has 5 nitrogen and oxygen atoms in total. The summed E-state index contributed by atoms with van der Waals surface area (Å²) in [5.41, 5.74) is 0.498. The SMILES string of the molecule is O=C(OCc1ccccc1)N1CC2(COCC2=O)C1. The van der Waals surface area contributed by atoms with Gasteiger partial charge in [0.05, 0.1) is 12.0 Å². The molecular weight excluding hydrogens is 246 g/mol. The Hall–Kier alpha value is -1.88. The molecule has 3 rings (SSSR count). The molecule has 1 spiro atoms. The van der Waals surface area contributed by atoms with Gasteiger partial charge in [-0.2, -0.15) is 0 Å². The highest BCUT2D eigenvalue weighted by Crippen LogP contribution is 2.36. The Morgan fingerprint density at radius 2 is 2.05 bits per heavy atom. The number of ether oxygens (including phenoxy) is 2. The van der Waals surface area contributed by atoms with Gasteiger partial charge in [0.1, 0.15) is 13.2 Å². The number of nitrogens with zero attached hydrogens (tertiary/aromatic N) is 1. The summed E-state index contributed by atoms with van der Waals surface area (Å²) in [5, 5.41) is 0. The van der Waals surface area contributed by atoms with E-state index >= 15 is 0 Å². The van der Waals surface area contributed by atoms with E-state index < -0.39 is 5.41 Å². The number of ketones is 1. The van der Waals surface area contributed by atoms with Gasteiger partial charge in [-0.1, -0.05) is 30.3 Å². The third-order valence-corrected chi connectivity index (χ3v) is 3.65. The van der Waals surface area contributed by atoms with Crippen molar-refractivity contribution in [3.05, 3.63) is 35.9 Å². The molecule has 2 saturated heterocycles. The van der Waals surface area contributed by atoms with Crippen LogP contribution in [0, 0.1) is 5.41 Å². The molecule has 5 heteroatoms. The van der Waals surface area contributed by atoms with Gasteiger partial charge < -0.3 is 14.4 Å². The van der Waals surface area contributed by atoms with E-state index in [2.05, 4.69) is 0 Å². The van der Waals surface area contributed by atoms with Crippen molar-refractivity contribution in [3.8, 4) is 0 Å². The van der Waals surface area contributed by atoms with Gasteiger partial charge in [-0.05, 0) is 5.56 Å². The number of hydrogen-bond acceptors (Lipinski definition) is 4. The van der Waals surface area contributed by atoms with E-state index in [-0.39, 0.29) is 25.1 Å². The molecule has 2 heterocycles. The fraction of sp³-hybridized carbons (Fsp3) is 0.429. The molecule has 0 bridgehead atoms. The molecule has 2 aliphatic heterocycles. The van der Waals surface area contributed by atoms with E-state index in [1.54, 1.807) is 4.90 Å². The van der Waals surface area contributed by atoms with Crippen LogP contribution in [0.15, 0.2) is 30.3 Å². The summed E-state index contributed by atoms with van der Waals surface area (Å²) in [5.74, 6) is 0.0969. The monoisotopic (exact) mass is 261 g/mol. The standard InChI is InChI=1S/C14H15NO4/c16-12-7-18-10-14(12)8-15(9-14)13(17)19-6-11-4-2-1-3-5-11/h1-5H,6-10H2. The summed E-state index contributed by atoms with van der Waals surface area (Å²) in [6.07, 6.45) is -0.367. The smallest absolute Gasteiger partial charge is 0.410 e. The Morgan fingerprint density at radius 3 is 2.68 bits per heavy atom. The number of hydrogen-bond donors (Lipinski definition) is 0. The van der Waals surface area contributed by atoms with E-state index in [1.807, 2.05) is 30.3 Å². The quantitative estimate of drug-likeness (QED) is 0.803. The number of likely N-dealkylation sites (tertiary alicyclic amines) is 1. The zero-order valence-corrected chi connectivity index (χ0v) is 10.5. The molecule has 0 radical (unpaired) electrons. The summed E-state index contributed by atoms with van der Waals surface area (Å²) >= 11 is 0. The van der Waals surface area contributed by atoms with E-state index in [1.165, 1.54) is 0 Å². The van der Waals surface area contributed by atoms with Crippen LogP contribution in [-0.4, -0.2) is 43.1 Å². The minimum atomic E-state index is -0.453. The fourth-order valence-electron chi connectivity index (χ4n) is 2.46. The predicted molar refractivity (Wildman–Crippen MR) is 66.5 cm³/mol. The molecule has 0 saturated carbocycles. The van der Waals surface area contributed by atoms with Crippen molar-refractivity contribution in [3.63, 3.8) is 0 Å². The second-order valence-electron chi connectivity index (χ2n) is 5.09. The summed E-state index contributed by atoms with van der Waals surface area (Å²) in [7, 11) is 0. The van der Waals surface area contributed by atoms with Gasteiger partial charge in [-0.15, -0.1) is 0 Å². The van der Waals surface area contributed by atoms with Crippen LogP contribution < -0.4 is 0 Å². The van der Waals surface area contributed by atoms with Gasteiger partial charge in [0, 0.05) is 13.1 Å². The Morgan fingerprint density at radius 1 is 1.32 bits per heavy atom. The average molecular weight is 261 g/mol. The van der Waals surface area contributed by atoms with Gasteiger partial charge in [-0.25, -0.2) is 4.79 Å². The van der Waals surface area contributed by atoms with Crippen molar-refractivity contribution in [2.75, 3.05) is 26.3 Å². The third-order valence-electron chi connectivity index (χ3n) is 3.65. The molecule has 100 valence electrons. The molecule has 0 aromatic heterocycles. The first-order valence-electron chi connectivity index (χ1n) is 6.26. The van der Waals surface area contributed by atoms with Gasteiger partial charge in [0.2, 0.25) is 0 Å². The van der Waals surface area contributed by atoms with Crippen LogP contribution in [0.4, 0.5) is 4.79 Å². The van der Waals surface area contributed by atoms with Crippen LogP contribution in [0.5, 0.6) is 0 Å². The first-order chi connectivity index (χ1) is 9.20. The molecule has 1 aromatic carbocycles. The van der Waals surface area contributed by atoms with Gasteiger partial charge >= 0.3 is 6.09 Å². The summed E-state index contributed by atoms with van der Waals surface area (Å²) < 4.78 is 10.3. The van der Waals surface area contributed by atoms with Crippen molar-refractivity contribution >= 4 is 11.9 Å². The first kappa shape index (κ1) is 12.2. The van der Waals surface area contributed by atoms with Crippen molar-refractivity contribution in [1.82, 2.24) is 4.90 Å². The Balaban J connectivity index is 1.49. The summed E-state index contributed by atoms with van der Waals surface area (Å²) in [6.45, 7) is 1.69. The highest BCUT2D eigenvalue weighted by atomic mass is 16.6. The van der Waals surface area contributed by atoms with Gasteiger partial charge in [0.25, 0.3) is 0 Å². The van der Waals surface area contributed by atoms with Crippen molar-refractivity contribution < 1.29 is 19.1 Å². The Kier molecular flexibility index (Phi) is 2.98. The average Bonchev–Trinajstić information content (AvgIpc) is 2.77. The lowest BCUT2D eigenvalue weighted by Crippen LogP contribution is -2.62. The van der Waals surface area contributed by atoms with Crippen molar-refractivity contribution in [2.24, 2.45) is 5.41 Å². The maximum Gasteiger partial charge on any atom is 0.410 e. The van der Waals surface area contributed by atoms with Crippen LogP contribution in [-0.2, 0) is 20.9 Å². The van der Waals surface area contributed by atoms with Crippen LogP contribution >= 0.6 is 0 Å². The zero-order valence-electron chi connectivity index (χ0n) is 10.5. The molecule has 1 amide bonds. The maximum atomic E-state index is 11.8. The lowest BCUT2D eigenvalue weighted by Gasteiger charge is -2.44. The molecular formula is C14H15NO4. The van der Waals surface area contributed by atoms with Crippen LogP contribution in [0.3, 0.4) is 0 Å². The van der Waals surface area contributed by atoms with E-state index in [9.17, 15) is 9.59 Å². The number of carbonyl (C=O) groups is 2. The summed E-state index contributed by atoms with van der Waals surface area (Å²) in [6, 6.07) is 9.52. The Labute approximate surface area is 111 Å². The highest BCUT2D eigenvalue weighted by Gasteiger charge is 2.54. The van der Waals surface area contributed by atoms with Crippen LogP contribution in [0.25, 0.3) is 0 Å². The number of benzene rings is 1. The second kappa shape index (κ2) is 4.66. The van der Waals surface area contributed by atoms with Crippen molar-refractivity contribution in [2.45, 2.75) is 6.61 Å². The normalized spacial score (nSPS) is 20.4. The minimum absolute atomic E-state index is 0.0969. The minimum Gasteiger partial charge on any atom is -0.445 e. The molecule has 2 fully saturated rings. The van der Waals surface area contributed by atoms with E-state index in [0.29, 0.717) is 19.7 Å². The second-order valence-corrected chi connectivity index (χ2v) is 5.09. The van der Waals surface area contributed by atoms with Gasteiger partial charge in [0.15, 0.2) is 5.78 Å². The molecule has 19 heavy (non-hydrogen) atoms. The molecule has 0 aliphatic carbocycles. The molecule has 1 aromatic rings. The molecule has 0 N–H and O–H groups in total. The highest BCUT2D eigenvalue weighted by molar-refractivity contribution is 5.90. The van der Waals surface area contributed by atoms with E-state index in [0.717, 1.165) is 5.56 Å². The van der Waals surface area contributed by atoms with Gasteiger partial charge in [-0.3, -0.25) is 4.79 Å². The lowest BCUT2D eigenvalue weighted by atomic mass is 9.78. The largest absolute Gasteiger partial charge is 0.445 e. The number of carbonyl (C=O) groups excluding carboxylic acids is 2. The number of Topliss-reactive ketones (excluding diaryl/α,β-unsaturated/α-hetero) is 1. The lowest BCUT2D eigenvalue weighted by molar-refractivity contribution is -0.131. The Bertz CT molecular complexity index is 493. The van der Waals surface area contributed by atoms with Crippen LogP contribution in [0.2, 0.25) is 0 Å². The maximum absolute atomic E-state index is 11.8. The zero-order chi connectivity index (χ0) is 13.3. The van der Waals surface area contributed by atoms with Crippen molar-refractivity contribution in [1.29, 1.82) is 0 Å². The van der Waals surface area contributed by atoms with Crippen LogP contribution in [0.1, 0.15) is 5.56 Å². The summed E-state index contributed by atoms with van der Waals surface area (Å²) in [4.78, 5) is 25.0. The number of rotatable bonds is 2. The topological polar surface area (TPSA) is 55.8 Å². The third kappa shape index (κ3) is 2.21. The molecule has 0 unspecified atom stereocenters. The molecule has 2 aliphatic rings.